The summed E-state index contributed by atoms with van der Waals surface area (Å²) in [4.78, 5) is 16.8. The predicted molar refractivity (Wildman–Crippen MR) is 111 cm³/mol. The molecule has 1 aliphatic carbocycles. The van der Waals surface area contributed by atoms with Gasteiger partial charge in [0, 0.05) is 23.7 Å². The zero-order chi connectivity index (χ0) is 19.2. The molecule has 1 aromatic heterocycles. The van der Waals surface area contributed by atoms with Crippen LogP contribution in [0.15, 0.2) is 60.8 Å². The molecule has 1 amide bonds. The Morgan fingerprint density at radius 1 is 1.04 bits per heavy atom. The molecule has 0 bridgehead atoms. The second-order valence-electron chi connectivity index (χ2n) is 7.56. The van der Waals surface area contributed by atoms with Gasteiger partial charge in [0.05, 0.1) is 12.1 Å². The first kappa shape index (κ1) is 18.5. The molecule has 0 radical (unpaired) electrons. The lowest BCUT2D eigenvalue weighted by Crippen LogP contribution is -2.22. The summed E-state index contributed by atoms with van der Waals surface area (Å²) in [6, 6.07) is 17.4. The lowest BCUT2D eigenvalue weighted by molar-refractivity contribution is 0.0951. The Balaban J connectivity index is 1.34. The second-order valence-corrected chi connectivity index (χ2v) is 7.56. The first-order valence-corrected chi connectivity index (χ1v) is 10.1. The average Bonchev–Trinajstić information content (AvgIpc) is 2.77. The molecule has 1 heterocycles. The van der Waals surface area contributed by atoms with Crippen LogP contribution in [0.25, 0.3) is 10.9 Å². The van der Waals surface area contributed by atoms with Crippen LogP contribution in [0.4, 0.5) is 0 Å². The van der Waals surface area contributed by atoms with E-state index in [2.05, 4.69) is 10.3 Å². The maximum Gasteiger partial charge on any atom is 0.251 e. The maximum atomic E-state index is 12.5. The number of fused-ring (bicyclic) bond motifs is 1. The van der Waals surface area contributed by atoms with E-state index in [4.69, 9.17) is 4.74 Å². The molecular formula is C24H26N2O2. The van der Waals surface area contributed by atoms with E-state index in [1.54, 1.807) is 6.20 Å². The summed E-state index contributed by atoms with van der Waals surface area (Å²) in [7, 11) is 0. The lowest BCUT2D eigenvalue weighted by atomic mass is 9.90. The van der Waals surface area contributed by atoms with Gasteiger partial charge in [0.25, 0.3) is 5.91 Å². The van der Waals surface area contributed by atoms with Crippen LogP contribution in [0.3, 0.4) is 0 Å². The van der Waals surface area contributed by atoms with Crippen molar-refractivity contribution in [3.63, 3.8) is 0 Å². The van der Waals surface area contributed by atoms with Gasteiger partial charge in [-0.15, -0.1) is 0 Å². The van der Waals surface area contributed by atoms with Crippen LogP contribution < -0.4 is 10.1 Å². The quantitative estimate of drug-likeness (QED) is 0.651. The molecule has 1 fully saturated rings. The molecule has 1 aliphatic rings. The molecule has 4 nitrogen and oxygen atoms in total. The van der Waals surface area contributed by atoms with Crippen molar-refractivity contribution >= 4 is 16.8 Å². The van der Waals surface area contributed by atoms with Gasteiger partial charge in [-0.05, 0) is 60.7 Å². The third kappa shape index (κ3) is 4.69. The molecule has 4 rings (SSSR count). The molecule has 28 heavy (non-hydrogen) atoms. The summed E-state index contributed by atoms with van der Waals surface area (Å²) in [5, 5.41) is 3.96. The molecule has 1 saturated carbocycles. The Labute approximate surface area is 165 Å². The predicted octanol–water partition coefficient (Wildman–Crippen LogP) is 5.12. The zero-order valence-corrected chi connectivity index (χ0v) is 16.1. The van der Waals surface area contributed by atoms with E-state index >= 15 is 0 Å². The van der Waals surface area contributed by atoms with Crippen molar-refractivity contribution < 1.29 is 9.53 Å². The van der Waals surface area contributed by atoms with Crippen molar-refractivity contribution in [3.05, 3.63) is 71.9 Å². The number of nitrogens with one attached hydrogen (secondary N) is 1. The fraction of sp³-hybridized carbons (Fsp3) is 0.333. The van der Waals surface area contributed by atoms with E-state index in [0.717, 1.165) is 28.8 Å². The molecule has 1 N–H and O–H groups in total. The van der Waals surface area contributed by atoms with Gasteiger partial charge in [0.15, 0.2) is 0 Å². The number of ether oxygens (including phenoxy) is 1. The van der Waals surface area contributed by atoms with Gasteiger partial charge in [-0.25, -0.2) is 0 Å². The van der Waals surface area contributed by atoms with E-state index in [1.807, 2.05) is 54.6 Å². The monoisotopic (exact) mass is 374 g/mol. The van der Waals surface area contributed by atoms with Gasteiger partial charge in [-0.3, -0.25) is 9.78 Å². The molecule has 2 aromatic carbocycles. The summed E-state index contributed by atoms with van der Waals surface area (Å²) in [6.45, 7) is 1.27. The standard InChI is InChI=1S/C24H26N2O2/c27-24(21-11-12-23-20(15-21)9-5-13-25-23)26-16-19-8-4-10-22(14-19)28-17-18-6-2-1-3-7-18/h4-5,8-15,18H,1-3,6-7,16-17H2,(H,26,27). The normalized spacial score (nSPS) is 14.7. The highest BCUT2D eigenvalue weighted by atomic mass is 16.5. The second kappa shape index (κ2) is 8.87. The highest BCUT2D eigenvalue weighted by Crippen LogP contribution is 2.25. The summed E-state index contributed by atoms with van der Waals surface area (Å²) < 4.78 is 6.01. The SMILES string of the molecule is O=C(NCc1cccc(OCC2CCCCC2)c1)c1ccc2ncccc2c1. The molecular weight excluding hydrogens is 348 g/mol. The van der Waals surface area contributed by atoms with E-state index in [9.17, 15) is 4.79 Å². The smallest absolute Gasteiger partial charge is 0.251 e. The van der Waals surface area contributed by atoms with Gasteiger partial charge >= 0.3 is 0 Å². The number of aromatic nitrogens is 1. The van der Waals surface area contributed by atoms with Gasteiger partial charge in [-0.1, -0.05) is 37.5 Å². The van der Waals surface area contributed by atoms with Crippen molar-refractivity contribution in [2.45, 2.75) is 38.6 Å². The Hall–Kier alpha value is -2.88. The molecule has 4 heteroatoms. The fourth-order valence-corrected chi connectivity index (χ4v) is 3.81. The number of hydrogen-bond donors (Lipinski definition) is 1. The summed E-state index contributed by atoms with van der Waals surface area (Å²) in [6.07, 6.45) is 8.31. The number of carbonyl (C=O) groups excluding carboxylic acids is 1. The van der Waals surface area contributed by atoms with Gasteiger partial charge in [0.1, 0.15) is 5.75 Å². The molecule has 0 aliphatic heterocycles. The number of rotatable bonds is 6. The van der Waals surface area contributed by atoms with Crippen LogP contribution in [-0.4, -0.2) is 17.5 Å². The number of hydrogen-bond acceptors (Lipinski definition) is 3. The molecule has 0 saturated heterocycles. The summed E-state index contributed by atoms with van der Waals surface area (Å²) in [5.41, 5.74) is 2.57. The Kier molecular flexibility index (Phi) is 5.86. The first-order chi connectivity index (χ1) is 13.8. The van der Waals surface area contributed by atoms with Gasteiger partial charge in [-0.2, -0.15) is 0 Å². The number of nitrogens with zero attached hydrogens (tertiary/aromatic N) is 1. The number of pyridine rings is 1. The van der Waals surface area contributed by atoms with Crippen LogP contribution in [0.2, 0.25) is 0 Å². The highest BCUT2D eigenvalue weighted by molar-refractivity contribution is 5.97. The third-order valence-corrected chi connectivity index (χ3v) is 5.43. The van der Waals surface area contributed by atoms with Crippen LogP contribution in [0.1, 0.15) is 48.0 Å². The van der Waals surface area contributed by atoms with Crippen LogP contribution in [0, 0.1) is 5.92 Å². The number of carbonyl (C=O) groups is 1. The van der Waals surface area contributed by atoms with Crippen LogP contribution in [-0.2, 0) is 6.54 Å². The third-order valence-electron chi connectivity index (χ3n) is 5.43. The molecule has 0 unspecified atom stereocenters. The topological polar surface area (TPSA) is 51.2 Å². The summed E-state index contributed by atoms with van der Waals surface area (Å²) >= 11 is 0. The largest absolute Gasteiger partial charge is 0.493 e. The van der Waals surface area contributed by atoms with E-state index in [0.29, 0.717) is 18.0 Å². The van der Waals surface area contributed by atoms with E-state index in [1.165, 1.54) is 32.1 Å². The Morgan fingerprint density at radius 3 is 2.82 bits per heavy atom. The minimum atomic E-state index is -0.0840. The lowest BCUT2D eigenvalue weighted by Gasteiger charge is -2.21. The van der Waals surface area contributed by atoms with Crippen molar-refractivity contribution in [3.8, 4) is 5.75 Å². The maximum absolute atomic E-state index is 12.5. The molecule has 0 spiro atoms. The number of amides is 1. The minimum Gasteiger partial charge on any atom is -0.493 e. The van der Waals surface area contributed by atoms with Crippen molar-refractivity contribution in [2.75, 3.05) is 6.61 Å². The highest BCUT2D eigenvalue weighted by Gasteiger charge is 2.14. The van der Waals surface area contributed by atoms with Gasteiger partial charge in [0.2, 0.25) is 0 Å². The Bertz CT molecular complexity index is 948. The van der Waals surface area contributed by atoms with E-state index < -0.39 is 0 Å². The van der Waals surface area contributed by atoms with Crippen LogP contribution >= 0.6 is 0 Å². The molecule has 3 aromatic rings. The van der Waals surface area contributed by atoms with Gasteiger partial charge < -0.3 is 10.1 Å². The zero-order valence-electron chi connectivity index (χ0n) is 16.1. The van der Waals surface area contributed by atoms with E-state index in [-0.39, 0.29) is 5.91 Å². The average molecular weight is 374 g/mol. The molecule has 144 valence electrons. The fourth-order valence-electron chi connectivity index (χ4n) is 3.81. The van der Waals surface area contributed by atoms with Crippen molar-refractivity contribution in [1.82, 2.24) is 10.3 Å². The first-order valence-electron chi connectivity index (χ1n) is 10.1. The summed E-state index contributed by atoms with van der Waals surface area (Å²) in [5.74, 6) is 1.48. The van der Waals surface area contributed by atoms with Crippen LogP contribution in [0.5, 0.6) is 5.75 Å². The molecule has 0 atom stereocenters. The number of benzene rings is 2. The van der Waals surface area contributed by atoms with Crippen molar-refractivity contribution in [1.29, 1.82) is 0 Å². The minimum absolute atomic E-state index is 0.0840. The van der Waals surface area contributed by atoms with Crippen molar-refractivity contribution in [2.24, 2.45) is 5.92 Å². The Morgan fingerprint density at radius 2 is 1.93 bits per heavy atom.